The molecule has 3 aromatic carbocycles. The zero-order valence-corrected chi connectivity index (χ0v) is 18.4. The predicted molar refractivity (Wildman–Crippen MR) is 129 cm³/mol. The van der Waals surface area contributed by atoms with Crippen molar-refractivity contribution in [1.82, 2.24) is 9.55 Å². The summed E-state index contributed by atoms with van der Waals surface area (Å²) >= 11 is 0. The highest BCUT2D eigenvalue weighted by molar-refractivity contribution is 5.91. The van der Waals surface area contributed by atoms with Crippen molar-refractivity contribution in [2.24, 2.45) is 0 Å². The van der Waals surface area contributed by atoms with Crippen molar-refractivity contribution in [3.05, 3.63) is 106 Å². The molecule has 0 saturated heterocycles. The fourth-order valence-electron chi connectivity index (χ4n) is 3.37. The van der Waals surface area contributed by atoms with Gasteiger partial charge in [-0.1, -0.05) is 36.1 Å². The van der Waals surface area contributed by atoms with Gasteiger partial charge in [0.1, 0.15) is 0 Å². The van der Waals surface area contributed by atoms with E-state index in [1.807, 2.05) is 12.1 Å². The Kier molecular flexibility index (Phi) is 6.80. The molecular formula is C27H21N3O4. The minimum absolute atomic E-state index is 0.121. The average molecular weight is 451 g/mol. The molecule has 4 rings (SSSR count). The fourth-order valence-corrected chi connectivity index (χ4v) is 3.37. The standard InChI is InChI=1S/C27H21N3O4/c1-34-27(33)21-8-4-6-19(16-21)12-13-20-7-5-9-22(17-20)29-25(31)14-15-30-18-28-24-11-3-2-10-23(24)26(30)32/h2-11,16-18H,14-15H2,1H3,(H,29,31). The second-order valence-corrected chi connectivity index (χ2v) is 7.46. The number of hydrogen-bond donors (Lipinski definition) is 1. The maximum absolute atomic E-state index is 12.6. The van der Waals surface area contributed by atoms with E-state index < -0.39 is 5.97 Å². The number of rotatable bonds is 5. The van der Waals surface area contributed by atoms with Crippen LogP contribution in [-0.2, 0) is 16.1 Å². The molecule has 0 aliphatic rings. The Hall–Kier alpha value is -4.70. The lowest BCUT2D eigenvalue weighted by molar-refractivity contribution is -0.116. The Morgan fingerprint density at radius 2 is 1.71 bits per heavy atom. The molecule has 7 heteroatoms. The van der Waals surface area contributed by atoms with E-state index in [4.69, 9.17) is 4.74 Å². The first-order valence-corrected chi connectivity index (χ1v) is 10.6. The highest BCUT2D eigenvalue weighted by Gasteiger charge is 2.07. The van der Waals surface area contributed by atoms with E-state index in [0.717, 1.165) is 0 Å². The van der Waals surface area contributed by atoms with Crippen LogP contribution in [0.2, 0.25) is 0 Å². The van der Waals surface area contributed by atoms with Gasteiger partial charge >= 0.3 is 5.97 Å². The lowest BCUT2D eigenvalue weighted by atomic mass is 10.1. The summed E-state index contributed by atoms with van der Waals surface area (Å²) in [6.45, 7) is 0.221. The summed E-state index contributed by atoms with van der Waals surface area (Å²) < 4.78 is 6.17. The Morgan fingerprint density at radius 1 is 0.971 bits per heavy atom. The van der Waals surface area contributed by atoms with Gasteiger partial charge in [-0.05, 0) is 48.5 Å². The van der Waals surface area contributed by atoms with Crippen LogP contribution >= 0.6 is 0 Å². The normalized spacial score (nSPS) is 10.3. The number of anilines is 1. The summed E-state index contributed by atoms with van der Waals surface area (Å²) in [5, 5.41) is 3.36. The van der Waals surface area contributed by atoms with E-state index >= 15 is 0 Å². The molecular weight excluding hydrogens is 430 g/mol. The number of carbonyl (C=O) groups is 2. The van der Waals surface area contributed by atoms with E-state index in [9.17, 15) is 14.4 Å². The van der Waals surface area contributed by atoms with Crippen LogP contribution in [0.15, 0.2) is 83.9 Å². The van der Waals surface area contributed by atoms with Crippen molar-refractivity contribution in [3.63, 3.8) is 0 Å². The van der Waals surface area contributed by atoms with Crippen LogP contribution < -0.4 is 10.9 Å². The van der Waals surface area contributed by atoms with Crippen molar-refractivity contribution in [2.45, 2.75) is 13.0 Å². The zero-order chi connectivity index (χ0) is 23.9. The molecule has 1 heterocycles. The Bertz CT molecular complexity index is 1500. The molecule has 7 nitrogen and oxygen atoms in total. The van der Waals surface area contributed by atoms with Gasteiger partial charge in [-0.25, -0.2) is 9.78 Å². The van der Waals surface area contributed by atoms with Crippen molar-refractivity contribution in [1.29, 1.82) is 0 Å². The first-order chi connectivity index (χ1) is 16.5. The van der Waals surface area contributed by atoms with Crippen LogP contribution in [0.1, 0.15) is 27.9 Å². The molecule has 4 aromatic rings. The van der Waals surface area contributed by atoms with Gasteiger partial charge in [-0.3, -0.25) is 14.2 Å². The predicted octanol–water partition coefficient (Wildman–Crippen LogP) is 3.61. The molecule has 0 atom stereocenters. The summed E-state index contributed by atoms with van der Waals surface area (Å²) in [6, 6.07) is 21.1. The third-order valence-corrected chi connectivity index (χ3v) is 5.09. The quantitative estimate of drug-likeness (QED) is 0.370. The number of benzene rings is 3. The number of fused-ring (bicyclic) bond motifs is 1. The van der Waals surface area contributed by atoms with E-state index in [1.165, 1.54) is 18.0 Å². The smallest absolute Gasteiger partial charge is 0.337 e. The molecule has 0 aliphatic heterocycles. The van der Waals surface area contributed by atoms with Gasteiger partial charge in [0.2, 0.25) is 5.91 Å². The molecule has 0 spiro atoms. The molecule has 0 unspecified atom stereocenters. The SMILES string of the molecule is COC(=O)c1cccc(C#Cc2cccc(NC(=O)CCn3cnc4ccccc4c3=O)c2)c1. The summed E-state index contributed by atoms with van der Waals surface area (Å²) in [6.07, 6.45) is 1.58. The van der Waals surface area contributed by atoms with Crippen molar-refractivity contribution < 1.29 is 14.3 Å². The fraction of sp³-hybridized carbons (Fsp3) is 0.111. The molecule has 0 aliphatic carbocycles. The second kappa shape index (κ2) is 10.3. The van der Waals surface area contributed by atoms with Crippen LogP contribution in [0.5, 0.6) is 0 Å². The Morgan fingerprint density at radius 3 is 2.50 bits per heavy atom. The van der Waals surface area contributed by atoms with Gasteiger partial charge in [-0.15, -0.1) is 0 Å². The average Bonchev–Trinajstić information content (AvgIpc) is 2.87. The Labute approximate surface area is 196 Å². The Balaban J connectivity index is 1.41. The lowest BCUT2D eigenvalue weighted by Gasteiger charge is -2.08. The number of carbonyl (C=O) groups excluding carboxylic acids is 2. The molecule has 34 heavy (non-hydrogen) atoms. The van der Waals surface area contributed by atoms with Crippen LogP contribution in [0.3, 0.4) is 0 Å². The number of nitrogens with zero attached hydrogens (tertiary/aromatic N) is 2. The third kappa shape index (κ3) is 5.37. The van der Waals surface area contributed by atoms with Crippen LogP contribution in [0.25, 0.3) is 10.9 Å². The molecule has 0 fully saturated rings. The monoisotopic (exact) mass is 451 g/mol. The van der Waals surface area contributed by atoms with Gasteiger partial charge in [0.25, 0.3) is 5.56 Å². The number of para-hydroxylation sites is 1. The summed E-state index contributed by atoms with van der Waals surface area (Å²) in [5.41, 5.74) is 2.86. The number of methoxy groups -OCH3 is 1. The molecule has 0 saturated carbocycles. The maximum Gasteiger partial charge on any atom is 0.337 e. The molecule has 0 bridgehead atoms. The van der Waals surface area contributed by atoms with Crippen molar-refractivity contribution in [3.8, 4) is 11.8 Å². The zero-order valence-electron chi connectivity index (χ0n) is 18.4. The molecule has 1 aromatic heterocycles. The number of hydrogen-bond acceptors (Lipinski definition) is 5. The van der Waals surface area contributed by atoms with Crippen LogP contribution in [-0.4, -0.2) is 28.5 Å². The van der Waals surface area contributed by atoms with Crippen LogP contribution in [0, 0.1) is 11.8 Å². The first-order valence-electron chi connectivity index (χ1n) is 10.6. The van der Waals surface area contributed by atoms with Crippen molar-refractivity contribution in [2.75, 3.05) is 12.4 Å². The number of nitrogens with one attached hydrogen (secondary N) is 1. The number of ether oxygens (including phenoxy) is 1. The van der Waals surface area contributed by atoms with Gasteiger partial charge < -0.3 is 10.1 Å². The summed E-state index contributed by atoms with van der Waals surface area (Å²) in [5.74, 6) is 5.40. The van der Waals surface area contributed by atoms with E-state index in [2.05, 4.69) is 22.1 Å². The van der Waals surface area contributed by atoms with Gasteiger partial charge in [0, 0.05) is 29.8 Å². The minimum Gasteiger partial charge on any atom is -0.465 e. The summed E-state index contributed by atoms with van der Waals surface area (Å²) in [4.78, 5) is 41.0. The number of amides is 1. The topological polar surface area (TPSA) is 90.3 Å². The number of aromatic nitrogens is 2. The van der Waals surface area contributed by atoms with Crippen molar-refractivity contribution >= 4 is 28.5 Å². The second-order valence-electron chi connectivity index (χ2n) is 7.46. The molecule has 1 N–H and O–H groups in total. The van der Waals surface area contributed by atoms with Gasteiger partial charge in [0.05, 0.1) is 29.9 Å². The van der Waals surface area contributed by atoms with Gasteiger partial charge in [-0.2, -0.15) is 0 Å². The summed E-state index contributed by atoms with van der Waals surface area (Å²) in [7, 11) is 1.33. The highest BCUT2D eigenvalue weighted by atomic mass is 16.5. The van der Waals surface area contributed by atoms with E-state index in [1.54, 1.807) is 60.7 Å². The number of esters is 1. The van der Waals surface area contributed by atoms with Gasteiger partial charge in [0.15, 0.2) is 0 Å². The molecule has 168 valence electrons. The van der Waals surface area contributed by atoms with Crippen LogP contribution in [0.4, 0.5) is 5.69 Å². The maximum atomic E-state index is 12.6. The largest absolute Gasteiger partial charge is 0.465 e. The molecule has 0 radical (unpaired) electrons. The highest BCUT2D eigenvalue weighted by Crippen LogP contribution is 2.12. The molecule has 1 amide bonds. The first kappa shape index (κ1) is 22.5. The van der Waals surface area contributed by atoms with E-state index in [-0.39, 0.29) is 24.4 Å². The minimum atomic E-state index is -0.421. The van der Waals surface area contributed by atoms with E-state index in [0.29, 0.717) is 33.3 Å². The lowest BCUT2D eigenvalue weighted by Crippen LogP contribution is -2.23. The number of aryl methyl sites for hydroxylation is 1. The third-order valence-electron chi connectivity index (χ3n) is 5.09.